The molecule has 24 heavy (non-hydrogen) atoms. The van der Waals surface area contributed by atoms with E-state index >= 15 is 0 Å². The quantitative estimate of drug-likeness (QED) is 0.537. The molecule has 0 radical (unpaired) electrons. The Bertz CT molecular complexity index is 695. The minimum Gasteiger partial charge on any atom is -0.386 e. The Labute approximate surface area is 144 Å². The van der Waals surface area contributed by atoms with Crippen molar-refractivity contribution in [2.24, 2.45) is 5.29 Å². The molecule has 0 aliphatic rings. The van der Waals surface area contributed by atoms with Crippen LogP contribution in [0.15, 0.2) is 47.8 Å². The molecule has 0 amide bonds. The molecule has 2 N–H and O–H groups in total. The fourth-order valence-electron chi connectivity index (χ4n) is 2.51. The number of hydrogen-bond donors (Lipinski definition) is 2. The first-order valence-electron chi connectivity index (χ1n) is 8.17. The van der Waals surface area contributed by atoms with E-state index < -0.39 is 0 Å². The van der Waals surface area contributed by atoms with E-state index in [0.717, 1.165) is 29.2 Å². The molecule has 128 valence electrons. The van der Waals surface area contributed by atoms with Crippen LogP contribution in [-0.2, 0) is 5.41 Å². The summed E-state index contributed by atoms with van der Waals surface area (Å²) in [5, 5.41) is 10.7. The number of nitroso groups, excluding NO2 is 1. The second-order valence-electron chi connectivity index (χ2n) is 6.53. The molecular formula is C19H26N4O. The highest BCUT2D eigenvalue weighted by Crippen LogP contribution is 2.31. The topological polar surface area (TPSA) is 56.7 Å². The lowest BCUT2D eigenvalue weighted by Crippen LogP contribution is -2.15. The van der Waals surface area contributed by atoms with Crippen LogP contribution in [0.4, 0.5) is 22.7 Å². The second kappa shape index (κ2) is 7.34. The van der Waals surface area contributed by atoms with Crippen molar-refractivity contribution >= 4 is 22.7 Å². The third kappa shape index (κ3) is 3.85. The molecule has 0 aliphatic heterocycles. The van der Waals surface area contributed by atoms with Gasteiger partial charge in [0, 0.05) is 25.5 Å². The smallest absolute Gasteiger partial charge is 0.0874 e. The number of hydrogen-bond acceptors (Lipinski definition) is 4. The van der Waals surface area contributed by atoms with E-state index in [1.54, 1.807) is 7.05 Å². The molecule has 2 rings (SSSR count). The first kappa shape index (κ1) is 17.8. The molecule has 0 bridgehead atoms. The van der Waals surface area contributed by atoms with Gasteiger partial charge < -0.3 is 10.6 Å². The van der Waals surface area contributed by atoms with E-state index in [9.17, 15) is 4.91 Å². The van der Waals surface area contributed by atoms with Gasteiger partial charge in [-0.2, -0.15) is 0 Å². The van der Waals surface area contributed by atoms with Crippen molar-refractivity contribution in [3.05, 3.63) is 52.9 Å². The first-order valence-corrected chi connectivity index (χ1v) is 8.17. The summed E-state index contributed by atoms with van der Waals surface area (Å²) in [5.74, 6) is 0. The lowest BCUT2D eigenvalue weighted by atomic mass is 9.82. The molecule has 0 saturated heterocycles. The zero-order chi connectivity index (χ0) is 17.7. The summed E-state index contributed by atoms with van der Waals surface area (Å²) >= 11 is 0. The van der Waals surface area contributed by atoms with Crippen LogP contribution < -0.4 is 15.6 Å². The van der Waals surface area contributed by atoms with Crippen molar-refractivity contribution in [1.82, 2.24) is 0 Å². The summed E-state index contributed by atoms with van der Waals surface area (Å²) in [5.41, 5.74) is 4.99. The van der Waals surface area contributed by atoms with Crippen molar-refractivity contribution in [1.29, 1.82) is 0 Å². The lowest BCUT2D eigenvalue weighted by Gasteiger charge is -2.23. The molecule has 0 heterocycles. The van der Waals surface area contributed by atoms with Crippen LogP contribution in [0.3, 0.4) is 0 Å². The Morgan fingerprint density at radius 2 is 1.71 bits per heavy atom. The van der Waals surface area contributed by atoms with Gasteiger partial charge in [0.2, 0.25) is 0 Å². The first-order chi connectivity index (χ1) is 11.4. The number of benzene rings is 2. The van der Waals surface area contributed by atoms with Gasteiger partial charge in [-0.05, 0) is 47.7 Å². The molecule has 5 nitrogen and oxygen atoms in total. The maximum absolute atomic E-state index is 10.8. The molecule has 0 aromatic heterocycles. The molecule has 0 fully saturated rings. The summed E-state index contributed by atoms with van der Waals surface area (Å²) < 4.78 is 0. The van der Waals surface area contributed by atoms with E-state index in [4.69, 9.17) is 0 Å². The fourth-order valence-corrected chi connectivity index (χ4v) is 2.51. The van der Waals surface area contributed by atoms with Gasteiger partial charge in [-0.15, -0.1) is 4.91 Å². The lowest BCUT2D eigenvalue weighted by molar-refractivity contribution is 0.506. The van der Waals surface area contributed by atoms with Crippen molar-refractivity contribution in [2.75, 3.05) is 29.7 Å². The summed E-state index contributed by atoms with van der Waals surface area (Å²) in [4.78, 5) is 10.8. The normalized spacial score (nSPS) is 11.0. The highest BCUT2D eigenvalue weighted by atomic mass is 16.3. The third-order valence-electron chi connectivity index (χ3n) is 4.58. The van der Waals surface area contributed by atoms with Crippen LogP contribution in [0.5, 0.6) is 0 Å². The molecule has 0 atom stereocenters. The molecule has 0 aliphatic carbocycles. The van der Waals surface area contributed by atoms with Gasteiger partial charge in [-0.25, -0.2) is 5.01 Å². The molecular weight excluding hydrogens is 300 g/mol. The zero-order valence-electron chi connectivity index (χ0n) is 15.1. The zero-order valence-corrected chi connectivity index (χ0v) is 15.1. The maximum atomic E-state index is 10.8. The van der Waals surface area contributed by atoms with Crippen LogP contribution in [0, 0.1) is 4.91 Å². The van der Waals surface area contributed by atoms with Crippen molar-refractivity contribution in [2.45, 2.75) is 32.6 Å². The van der Waals surface area contributed by atoms with Crippen molar-refractivity contribution in [3.63, 3.8) is 0 Å². The van der Waals surface area contributed by atoms with Gasteiger partial charge in [0.05, 0.1) is 16.7 Å². The fraction of sp³-hybridized carbons (Fsp3) is 0.368. The predicted molar refractivity (Wildman–Crippen MR) is 103 cm³/mol. The van der Waals surface area contributed by atoms with Gasteiger partial charge >= 0.3 is 0 Å². The summed E-state index contributed by atoms with van der Waals surface area (Å²) in [6, 6.07) is 14.3. The highest BCUT2D eigenvalue weighted by Gasteiger charge is 2.17. The number of anilines is 4. The summed E-state index contributed by atoms with van der Waals surface area (Å²) in [6.45, 7) is 6.70. The Kier molecular flexibility index (Phi) is 5.44. The van der Waals surface area contributed by atoms with E-state index in [1.165, 1.54) is 10.6 Å². The van der Waals surface area contributed by atoms with Crippen LogP contribution >= 0.6 is 0 Å². The largest absolute Gasteiger partial charge is 0.386 e. The molecule has 2 aromatic carbocycles. The predicted octanol–water partition coefficient (Wildman–Crippen LogP) is 5.28. The van der Waals surface area contributed by atoms with Crippen LogP contribution in [-0.4, -0.2) is 14.1 Å². The third-order valence-corrected chi connectivity index (χ3v) is 4.58. The Hall–Kier alpha value is -2.56. The monoisotopic (exact) mass is 326 g/mol. The van der Waals surface area contributed by atoms with E-state index in [2.05, 4.69) is 61.0 Å². The average molecular weight is 326 g/mol. The minimum atomic E-state index is 0.179. The molecule has 0 unspecified atom stereocenters. The summed E-state index contributed by atoms with van der Waals surface area (Å²) in [7, 11) is 3.45. The Morgan fingerprint density at radius 3 is 2.25 bits per heavy atom. The van der Waals surface area contributed by atoms with Crippen LogP contribution in [0.1, 0.15) is 32.8 Å². The summed E-state index contributed by atoms with van der Waals surface area (Å²) in [6.07, 6.45) is 1.10. The second-order valence-corrected chi connectivity index (χ2v) is 6.53. The molecule has 2 aromatic rings. The number of nitrogens with one attached hydrogen (secondary N) is 2. The number of rotatable bonds is 7. The van der Waals surface area contributed by atoms with Gasteiger partial charge in [0.1, 0.15) is 0 Å². The Morgan fingerprint density at radius 1 is 1.08 bits per heavy atom. The van der Waals surface area contributed by atoms with Crippen molar-refractivity contribution < 1.29 is 0 Å². The van der Waals surface area contributed by atoms with Gasteiger partial charge in [0.25, 0.3) is 0 Å². The van der Waals surface area contributed by atoms with Crippen molar-refractivity contribution in [3.8, 4) is 0 Å². The highest BCUT2D eigenvalue weighted by molar-refractivity contribution is 5.76. The van der Waals surface area contributed by atoms with Crippen LogP contribution in [0.2, 0.25) is 0 Å². The molecule has 5 heteroatoms. The maximum Gasteiger partial charge on any atom is 0.0874 e. The van der Waals surface area contributed by atoms with Gasteiger partial charge in [-0.1, -0.05) is 32.9 Å². The molecule has 0 spiro atoms. The SMILES string of the molecule is CCC(C)(C)c1ccc(Nc2ccc(NC)c(N(C)N=O)c2)cc1. The van der Waals surface area contributed by atoms with E-state index in [1.807, 2.05) is 25.2 Å². The standard InChI is InChI=1S/C19H26N4O/c1-6-19(2,3)14-7-9-15(10-8-14)21-16-11-12-17(20-4)18(13-16)23(5)22-24/h7-13,20-21H,6H2,1-5H3. The van der Waals surface area contributed by atoms with E-state index in [-0.39, 0.29) is 5.41 Å². The van der Waals surface area contributed by atoms with E-state index in [0.29, 0.717) is 0 Å². The van der Waals surface area contributed by atoms with Gasteiger partial charge in [-0.3, -0.25) is 0 Å². The number of nitrogens with zero attached hydrogens (tertiary/aromatic N) is 2. The van der Waals surface area contributed by atoms with Crippen LogP contribution in [0.25, 0.3) is 0 Å². The van der Waals surface area contributed by atoms with Gasteiger partial charge in [0.15, 0.2) is 0 Å². The Balaban J connectivity index is 2.23. The molecule has 0 saturated carbocycles. The average Bonchev–Trinajstić information content (AvgIpc) is 2.61. The minimum absolute atomic E-state index is 0.179.